The second-order valence-electron chi connectivity index (χ2n) is 14.3. The van der Waals surface area contributed by atoms with E-state index >= 15 is 4.79 Å². The third-order valence-corrected chi connectivity index (χ3v) is 12.0. The van der Waals surface area contributed by atoms with E-state index in [0.29, 0.717) is 5.56 Å². The first-order valence-corrected chi connectivity index (χ1v) is 19.0. The number of benzene rings is 8. The van der Waals surface area contributed by atoms with Crippen molar-refractivity contribution in [1.29, 1.82) is 0 Å². The van der Waals surface area contributed by atoms with Crippen LogP contribution in [0.4, 0.5) is 17.1 Å². The lowest BCUT2D eigenvalue weighted by molar-refractivity contribution is 0.0986. The van der Waals surface area contributed by atoms with E-state index in [1.165, 1.54) is 26.9 Å². The molecule has 0 radical (unpaired) electrons. The molecule has 0 bridgehead atoms. The Morgan fingerprint density at radius 2 is 1.08 bits per heavy atom. The Bertz CT molecular complexity index is 2690. The Hall–Kier alpha value is -6.07. The highest BCUT2D eigenvalue weighted by molar-refractivity contribution is 6.36. The van der Waals surface area contributed by atoms with Crippen LogP contribution in [-0.2, 0) is 5.54 Å². The van der Waals surface area contributed by atoms with Crippen LogP contribution in [0.3, 0.4) is 0 Å². The van der Waals surface area contributed by atoms with Crippen LogP contribution in [0.15, 0.2) is 127 Å². The zero-order valence-corrected chi connectivity index (χ0v) is 30.6. The molecule has 1 amide bonds. The molecule has 0 fully saturated rings. The molecule has 53 heavy (non-hydrogen) atoms. The minimum Gasteiger partial charge on any atom is -0.456 e. The Kier molecular flexibility index (Phi) is 7.00. The summed E-state index contributed by atoms with van der Waals surface area (Å²) in [6, 6.07) is 45.5. The lowest BCUT2D eigenvalue weighted by atomic mass is 9.74. The highest BCUT2D eigenvalue weighted by Crippen LogP contribution is 2.60. The summed E-state index contributed by atoms with van der Waals surface area (Å²) in [7, 11) is 0. The Morgan fingerprint density at radius 1 is 0.528 bits per heavy atom. The van der Waals surface area contributed by atoms with Crippen molar-refractivity contribution in [3.8, 4) is 11.5 Å². The zero-order chi connectivity index (χ0) is 36.0. The van der Waals surface area contributed by atoms with Gasteiger partial charge in [0.25, 0.3) is 5.91 Å². The molecule has 1 spiro atoms. The Labute approximate surface area is 310 Å². The molecule has 0 N–H and O–H groups in total. The van der Waals surface area contributed by atoms with E-state index in [1.807, 2.05) is 12.1 Å². The second kappa shape index (κ2) is 11.7. The Morgan fingerprint density at radius 3 is 1.68 bits per heavy atom. The van der Waals surface area contributed by atoms with Crippen LogP contribution in [0.2, 0.25) is 0 Å². The van der Waals surface area contributed by atoms with Crippen LogP contribution >= 0.6 is 0 Å². The first-order valence-electron chi connectivity index (χ1n) is 19.0. The molecule has 260 valence electrons. The summed E-state index contributed by atoms with van der Waals surface area (Å²) < 4.78 is 7.02. The highest BCUT2D eigenvalue weighted by atomic mass is 16.5. The lowest BCUT2D eigenvalue weighted by Crippen LogP contribution is -2.47. The van der Waals surface area contributed by atoms with Crippen molar-refractivity contribution in [3.05, 3.63) is 150 Å². The molecule has 0 unspecified atom stereocenters. The van der Waals surface area contributed by atoms with E-state index in [1.54, 1.807) is 0 Å². The smallest absolute Gasteiger partial charge is 0.260 e. The van der Waals surface area contributed by atoms with Gasteiger partial charge >= 0.3 is 0 Å². The number of hydrogen-bond acceptors (Lipinski definition) is 4. The standard InChI is InChI=1S/C48H41N3O2/c1-5-49(6-2)32-23-25-39-42(28-32)53-43-29-33(50(7-3)8-4)24-26-40(43)48(39)38-21-10-9-17-36(38)47(52)51(48)41-27-22-31-16-12-19-35-34-18-11-14-30-15-13-20-37(44(30)34)46(41)45(31)35/h9-29H,5-8H2,1-4H3. The van der Waals surface area contributed by atoms with E-state index < -0.39 is 5.54 Å². The van der Waals surface area contributed by atoms with E-state index in [-0.39, 0.29) is 5.91 Å². The van der Waals surface area contributed by atoms with E-state index in [2.05, 4.69) is 158 Å². The molecule has 2 heterocycles. The van der Waals surface area contributed by atoms with Gasteiger partial charge in [0.2, 0.25) is 0 Å². The largest absolute Gasteiger partial charge is 0.456 e. The number of carbonyl (C=O) groups is 1. The average molecular weight is 692 g/mol. The van der Waals surface area contributed by atoms with Gasteiger partial charge in [-0.15, -0.1) is 0 Å². The van der Waals surface area contributed by atoms with Gasteiger partial charge in [0.15, 0.2) is 0 Å². The zero-order valence-electron chi connectivity index (χ0n) is 30.6. The van der Waals surface area contributed by atoms with Crippen LogP contribution in [0.25, 0.3) is 43.1 Å². The maximum absolute atomic E-state index is 15.5. The van der Waals surface area contributed by atoms with Crippen LogP contribution in [-0.4, -0.2) is 32.1 Å². The molecule has 8 aromatic rings. The van der Waals surface area contributed by atoms with Crippen molar-refractivity contribution in [2.75, 3.05) is 40.9 Å². The molecule has 2 aliphatic heterocycles. The first-order chi connectivity index (χ1) is 26.0. The number of carbonyl (C=O) groups excluding carboxylic acids is 1. The van der Waals surface area contributed by atoms with Gasteiger partial charge in [0.05, 0.1) is 5.69 Å². The minimum atomic E-state index is -0.996. The van der Waals surface area contributed by atoms with E-state index in [9.17, 15) is 0 Å². The SMILES string of the molecule is CCN(CC)c1ccc2c(c1)Oc1cc(N(CC)CC)ccc1C21c2ccccc2C(=O)N1c1ccc2cccc3c4cccc5cccc(c1c23)c54. The van der Waals surface area contributed by atoms with Crippen molar-refractivity contribution < 1.29 is 9.53 Å². The number of rotatable bonds is 7. The molecule has 5 nitrogen and oxygen atoms in total. The van der Waals surface area contributed by atoms with Gasteiger partial charge in [0, 0.05) is 77.3 Å². The molecule has 0 saturated carbocycles. The van der Waals surface area contributed by atoms with Gasteiger partial charge < -0.3 is 14.5 Å². The quantitative estimate of drug-likeness (QED) is 0.123. The van der Waals surface area contributed by atoms with Crippen LogP contribution < -0.4 is 19.4 Å². The van der Waals surface area contributed by atoms with Crippen molar-refractivity contribution in [1.82, 2.24) is 0 Å². The second-order valence-corrected chi connectivity index (χ2v) is 14.3. The fourth-order valence-electron chi connectivity index (χ4n) is 9.65. The molecule has 0 saturated heterocycles. The van der Waals surface area contributed by atoms with Crippen LogP contribution in [0.5, 0.6) is 11.5 Å². The normalized spacial score (nSPS) is 14.3. The van der Waals surface area contributed by atoms with Gasteiger partial charge in [-0.3, -0.25) is 9.69 Å². The number of fused-ring (bicyclic) bond motifs is 8. The average Bonchev–Trinajstić information content (AvgIpc) is 3.45. The topological polar surface area (TPSA) is 36.0 Å². The molecule has 2 aliphatic rings. The molecule has 5 heteroatoms. The highest BCUT2D eigenvalue weighted by Gasteiger charge is 2.57. The van der Waals surface area contributed by atoms with E-state index in [4.69, 9.17) is 4.74 Å². The first kappa shape index (κ1) is 31.6. The minimum absolute atomic E-state index is 0.0147. The number of nitrogens with zero attached hydrogens (tertiary/aromatic N) is 3. The molecular formula is C48H41N3O2. The van der Waals surface area contributed by atoms with Crippen molar-refractivity contribution >= 4 is 66.1 Å². The summed E-state index contributed by atoms with van der Waals surface area (Å²) in [5.41, 5.74) is 5.71. The van der Waals surface area contributed by atoms with Crippen molar-refractivity contribution in [3.63, 3.8) is 0 Å². The summed E-state index contributed by atoms with van der Waals surface area (Å²) in [5, 5.41) is 9.42. The number of amides is 1. The molecule has 8 aromatic carbocycles. The lowest BCUT2D eigenvalue weighted by Gasteiger charge is -2.45. The summed E-state index contributed by atoms with van der Waals surface area (Å²) in [6.07, 6.45) is 0. The molecule has 0 aromatic heterocycles. The number of hydrogen-bond donors (Lipinski definition) is 0. The Balaban J connectivity index is 1.37. The fourth-order valence-corrected chi connectivity index (χ4v) is 9.65. The fraction of sp³-hybridized carbons (Fsp3) is 0.188. The van der Waals surface area contributed by atoms with Crippen LogP contribution in [0, 0.1) is 0 Å². The summed E-state index contributed by atoms with van der Waals surface area (Å²) in [6.45, 7) is 12.3. The van der Waals surface area contributed by atoms with Gasteiger partial charge in [-0.25, -0.2) is 0 Å². The third kappa shape index (κ3) is 4.16. The maximum atomic E-state index is 15.5. The molecular weight excluding hydrogens is 651 g/mol. The summed E-state index contributed by atoms with van der Waals surface area (Å²) in [5.74, 6) is 1.53. The molecule has 0 atom stereocenters. The van der Waals surface area contributed by atoms with Crippen molar-refractivity contribution in [2.45, 2.75) is 33.2 Å². The number of ether oxygens (including phenoxy) is 1. The van der Waals surface area contributed by atoms with E-state index in [0.717, 1.165) is 87.6 Å². The van der Waals surface area contributed by atoms with Crippen molar-refractivity contribution in [2.24, 2.45) is 0 Å². The predicted octanol–water partition coefficient (Wildman–Crippen LogP) is 11.5. The maximum Gasteiger partial charge on any atom is 0.260 e. The third-order valence-electron chi connectivity index (χ3n) is 12.0. The van der Waals surface area contributed by atoms with Crippen LogP contribution in [0.1, 0.15) is 54.7 Å². The number of anilines is 3. The van der Waals surface area contributed by atoms with Gasteiger partial charge in [-0.2, -0.15) is 0 Å². The monoisotopic (exact) mass is 691 g/mol. The molecule has 0 aliphatic carbocycles. The van der Waals surface area contributed by atoms with Gasteiger partial charge in [0.1, 0.15) is 17.0 Å². The molecule has 10 rings (SSSR count). The predicted molar refractivity (Wildman–Crippen MR) is 221 cm³/mol. The van der Waals surface area contributed by atoms with Gasteiger partial charge in [-0.05, 0) is 89.7 Å². The van der Waals surface area contributed by atoms with Gasteiger partial charge in [-0.1, -0.05) is 91.0 Å². The summed E-state index contributed by atoms with van der Waals surface area (Å²) in [4.78, 5) is 22.3. The summed E-state index contributed by atoms with van der Waals surface area (Å²) >= 11 is 0.